The molecule has 72 valence electrons. The second-order valence-corrected chi connectivity index (χ2v) is 2.72. The molecular weight excluding hydrogens is 168 g/mol. The third-order valence-electron chi connectivity index (χ3n) is 1.87. The van der Waals surface area contributed by atoms with Crippen LogP contribution in [-0.4, -0.2) is 62.8 Å². The fourth-order valence-electron chi connectivity index (χ4n) is 1.08. The van der Waals surface area contributed by atoms with E-state index in [4.69, 9.17) is 25.5 Å². The van der Waals surface area contributed by atoms with E-state index >= 15 is 0 Å². The molecule has 6 heteroatoms. The molecule has 1 aliphatic heterocycles. The van der Waals surface area contributed by atoms with Crippen LogP contribution in [0.4, 0.5) is 0 Å². The summed E-state index contributed by atoms with van der Waals surface area (Å²) in [6.07, 6.45) is -7.04. The number of ether oxygens (including phenoxy) is 1. The van der Waals surface area contributed by atoms with Crippen molar-refractivity contribution in [2.75, 3.05) is 6.61 Å². The number of hydrogen-bond donors (Lipinski definition) is 5. The predicted octanol–water partition coefficient (Wildman–Crippen LogP) is -3.22. The summed E-state index contributed by atoms with van der Waals surface area (Å²) in [5.74, 6) is 0. The first kappa shape index (κ1) is 9.85. The Bertz CT molecular complexity index is 146. The maximum atomic E-state index is 9.12. The number of aliphatic hydroxyl groups excluding tert-OH is 5. The molecule has 5 N–H and O–H groups in total. The summed E-state index contributed by atoms with van der Waals surface area (Å²) in [5.41, 5.74) is 0. The van der Waals surface area contributed by atoms with Crippen LogP contribution in [0.15, 0.2) is 0 Å². The molecule has 1 saturated heterocycles. The zero-order valence-corrected chi connectivity index (χ0v) is 6.24. The number of aliphatic hydroxyl groups is 5. The highest BCUT2D eigenvalue weighted by molar-refractivity contribution is 4.87. The molecule has 2 unspecified atom stereocenters. The van der Waals surface area contributed by atoms with Crippen molar-refractivity contribution < 1.29 is 30.3 Å². The van der Waals surface area contributed by atoms with Gasteiger partial charge in [-0.05, 0) is 0 Å². The van der Waals surface area contributed by atoms with Crippen LogP contribution in [-0.2, 0) is 4.74 Å². The van der Waals surface area contributed by atoms with E-state index in [1.807, 2.05) is 0 Å². The third kappa shape index (κ3) is 1.58. The molecular formula is C6H12O6. The topological polar surface area (TPSA) is 110 Å². The van der Waals surface area contributed by atoms with Crippen molar-refractivity contribution in [3.05, 3.63) is 0 Å². The first-order valence-corrected chi connectivity index (χ1v) is 3.56. The summed E-state index contributed by atoms with van der Waals surface area (Å²) in [5, 5.41) is 44.7. The van der Waals surface area contributed by atoms with Crippen molar-refractivity contribution in [1.82, 2.24) is 0 Å². The zero-order valence-electron chi connectivity index (χ0n) is 6.24. The van der Waals surface area contributed by atoms with Crippen LogP contribution >= 0.6 is 0 Å². The number of hydrogen-bond acceptors (Lipinski definition) is 6. The molecule has 0 saturated carbocycles. The third-order valence-corrected chi connectivity index (χ3v) is 1.87. The van der Waals surface area contributed by atoms with Gasteiger partial charge in [0, 0.05) is 0 Å². The Morgan fingerprint density at radius 2 is 1.50 bits per heavy atom. The van der Waals surface area contributed by atoms with Gasteiger partial charge in [-0.25, -0.2) is 0 Å². The normalized spacial score (nSPS) is 49.2. The monoisotopic (exact) mass is 180 g/mol. The van der Waals surface area contributed by atoms with Crippen molar-refractivity contribution in [1.29, 1.82) is 0 Å². The van der Waals surface area contributed by atoms with Crippen LogP contribution in [0.3, 0.4) is 0 Å². The predicted molar refractivity (Wildman–Crippen MR) is 36.0 cm³/mol. The van der Waals surface area contributed by atoms with E-state index in [-0.39, 0.29) is 0 Å². The van der Waals surface area contributed by atoms with Gasteiger partial charge in [0.1, 0.15) is 24.4 Å². The Balaban J connectivity index is 2.63. The van der Waals surface area contributed by atoms with E-state index in [2.05, 4.69) is 4.74 Å². The van der Waals surface area contributed by atoms with Gasteiger partial charge in [-0.3, -0.25) is 0 Å². The maximum Gasteiger partial charge on any atom is 0.184 e. The second-order valence-electron chi connectivity index (χ2n) is 2.72. The lowest BCUT2D eigenvalue weighted by Crippen LogP contribution is -2.58. The van der Waals surface area contributed by atoms with E-state index in [0.717, 1.165) is 0 Å². The van der Waals surface area contributed by atoms with Crippen molar-refractivity contribution in [3.63, 3.8) is 0 Å². The molecule has 1 rings (SSSR count). The summed E-state index contributed by atoms with van der Waals surface area (Å²) < 4.78 is 4.58. The summed E-state index contributed by atoms with van der Waals surface area (Å²) in [6.45, 7) is -0.526. The zero-order chi connectivity index (χ0) is 9.30. The molecule has 1 aliphatic rings. The summed E-state index contributed by atoms with van der Waals surface area (Å²) in [7, 11) is 0. The quantitative estimate of drug-likeness (QED) is 0.290. The van der Waals surface area contributed by atoms with Crippen LogP contribution in [0, 0.1) is 0 Å². The lowest BCUT2D eigenvalue weighted by atomic mass is 10.00. The minimum Gasteiger partial charge on any atom is -0.394 e. The highest BCUT2D eigenvalue weighted by Gasteiger charge is 2.42. The minimum absolute atomic E-state index is 0.526. The van der Waals surface area contributed by atoms with Gasteiger partial charge in [0.25, 0.3) is 0 Å². The number of rotatable bonds is 1. The van der Waals surface area contributed by atoms with Crippen molar-refractivity contribution in [3.8, 4) is 0 Å². The van der Waals surface area contributed by atoms with E-state index in [9.17, 15) is 0 Å². The Morgan fingerprint density at radius 1 is 0.917 bits per heavy atom. The average Bonchev–Trinajstić information content (AvgIpc) is 2.08. The molecule has 1 heterocycles. The highest BCUT2D eigenvalue weighted by Crippen LogP contribution is 2.18. The smallest absolute Gasteiger partial charge is 0.184 e. The molecule has 6 nitrogen and oxygen atoms in total. The van der Waals surface area contributed by atoms with Gasteiger partial charge < -0.3 is 30.3 Å². The van der Waals surface area contributed by atoms with Crippen LogP contribution < -0.4 is 0 Å². The van der Waals surface area contributed by atoms with Gasteiger partial charge in [-0.2, -0.15) is 0 Å². The summed E-state index contributed by atoms with van der Waals surface area (Å²) >= 11 is 0. The van der Waals surface area contributed by atoms with Gasteiger partial charge >= 0.3 is 0 Å². The van der Waals surface area contributed by atoms with Gasteiger partial charge in [-0.1, -0.05) is 0 Å². The van der Waals surface area contributed by atoms with Crippen LogP contribution in [0.25, 0.3) is 0 Å². The van der Waals surface area contributed by atoms with E-state index in [1.54, 1.807) is 0 Å². The molecule has 0 radical (unpaired) electrons. The SMILES string of the molecule is OC[C@H]1OC(O)[C@@H](O)C(O)[C@@H]1O. The second kappa shape index (κ2) is 3.65. The molecule has 0 spiro atoms. The average molecular weight is 180 g/mol. The van der Waals surface area contributed by atoms with Crippen molar-refractivity contribution >= 4 is 0 Å². The Kier molecular flexibility index (Phi) is 2.99. The fraction of sp³-hybridized carbons (Fsp3) is 1.00. The molecule has 0 aliphatic carbocycles. The molecule has 0 amide bonds. The van der Waals surface area contributed by atoms with E-state index < -0.39 is 37.3 Å². The standard InChI is InChI=1S/C6H12O6/c7-1-2-3(8)4(9)5(10)6(11)12-2/h2-11H,1H2/t2-,3-,4?,5+,6?/m1/s1. The first-order chi connectivity index (χ1) is 5.57. The molecule has 0 aromatic carbocycles. The van der Waals surface area contributed by atoms with Crippen molar-refractivity contribution in [2.24, 2.45) is 0 Å². The van der Waals surface area contributed by atoms with Crippen LogP contribution in [0.1, 0.15) is 0 Å². The first-order valence-electron chi connectivity index (χ1n) is 3.56. The largest absolute Gasteiger partial charge is 0.394 e. The minimum atomic E-state index is -1.57. The molecule has 0 aromatic rings. The van der Waals surface area contributed by atoms with Crippen LogP contribution in [0.5, 0.6) is 0 Å². The lowest BCUT2D eigenvalue weighted by molar-refractivity contribution is -0.286. The van der Waals surface area contributed by atoms with Gasteiger partial charge in [0.05, 0.1) is 6.61 Å². The molecule has 0 aromatic heterocycles. The Morgan fingerprint density at radius 3 is 2.00 bits per heavy atom. The van der Waals surface area contributed by atoms with Gasteiger partial charge in [-0.15, -0.1) is 0 Å². The summed E-state index contributed by atoms with van der Waals surface area (Å²) in [6, 6.07) is 0. The van der Waals surface area contributed by atoms with E-state index in [1.165, 1.54) is 0 Å². The van der Waals surface area contributed by atoms with Crippen LogP contribution in [0.2, 0.25) is 0 Å². The molecule has 0 bridgehead atoms. The molecule has 5 atom stereocenters. The fourth-order valence-corrected chi connectivity index (χ4v) is 1.08. The van der Waals surface area contributed by atoms with E-state index in [0.29, 0.717) is 0 Å². The maximum absolute atomic E-state index is 9.12. The van der Waals surface area contributed by atoms with Crippen molar-refractivity contribution in [2.45, 2.75) is 30.7 Å². The highest BCUT2D eigenvalue weighted by atomic mass is 16.6. The van der Waals surface area contributed by atoms with Gasteiger partial charge in [0.2, 0.25) is 0 Å². The Hall–Kier alpha value is -0.240. The van der Waals surface area contributed by atoms with Gasteiger partial charge in [0.15, 0.2) is 6.29 Å². The molecule has 1 fully saturated rings. The Labute approximate surface area is 68.6 Å². The molecule has 12 heavy (non-hydrogen) atoms. The lowest BCUT2D eigenvalue weighted by Gasteiger charge is -2.37. The summed E-state index contributed by atoms with van der Waals surface area (Å²) in [4.78, 5) is 0.